The van der Waals surface area contributed by atoms with E-state index in [9.17, 15) is 0 Å². The van der Waals surface area contributed by atoms with Crippen LogP contribution in [0, 0.1) is 11.3 Å². The molecule has 1 aromatic heterocycles. The first-order valence-electron chi connectivity index (χ1n) is 4.75. The molecule has 0 aliphatic rings. The van der Waals surface area contributed by atoms with Crippen LogP contribution in [-0.2, 0) is 13.5 Å². The molecule has 3 heteroatoms. The molecule has 2 aromatic rings. The third-order valence-corrected chi connectivity index (χ3v) is 2.61. The Morgan fingerprint density at radius 2 is 2.20 bits per heavy atom. The minimum absolute atomic E-state index is 0.379. The average Bonchev–Trinajstić information content (AvgIpc) is 2.62. The molecule has 0 N–H and O–H groups in total. The molecule has 3 nitrogen and oxygen atoms in total. The van der Waals surface area contributed by atoms with Gasteiger partial charge in [-0.3, -0.25) is 0 Å². The summed E-state index contributed by atoms with van der Waals surface area (Å²) in [6.45, 7) is 0. The predicted octanol–water partition coefficient (Wildman–Crippen LogP) is 2.25. The van der Waals surface area contributed by atoms with Gasteiger partial charge in [0.05, 0.1) is 19.6 Å². The van der Waals surface area contributed by atoms with Crippen LogP contribution in [0.5, 0.6) is 5.75 Å². The molecule has 1 aromatic carbocycles. The fraction of sp³-hybridized carbons (Fsp3) is 0.250. The Balaban J connectivity index is 2.74. The van der Waals surface area contributed by atoms with Crippen molar-refractivity contribution in [3.63, 3.8) is 0 Å². The lowest BCUT2D eigenvalue weighted by Gasteiger charge is -2.07. The Labute approximate surface area is 88.5 Å². The second kappa shape index (κ2) is 3.66. The number of fused-ring (bicyclic) bond motifs is 1. The van der Waals surface area contributed by atoms with E-state index in [1.54, 1.807) is 7.11 Å². The number of nitriles is 1. The highest BCUT2D eigenvalue weighted by atomic mass is 16.5. The van der Waals surface area contributed by atoms with Gasteiger partial charge in [-0.05, 0) is 18.2 Å². The van der Waals surface area contributed by atoms with E-state index in [4.69, 9.17) is 10.00 Å². The first-order valence-corrected chi connectivity index (χ1v) is 4.75. The molecule has 0 amide bonds. The highest BCUT2D eigenvalue weighted by molar-refractivity contribution is 5.86. The lowest BCUT2D eigenvalue weighted by molar-refractivity contribution is 0.411. The standard InChI is InChI=1S/C12H12N2O/c1-14-8-6-9-10(5-7-13)12(15-2)4-3-11(9)14/h3-4,6,8H,5H2,1-2H3. The van der Waals surface area contributed by atoms with Gasteiger partial charge < -0.3 is 9.30 Å². The normalized spacial score (nSPS) is 10.2. The average molecular weight is 200 g/mol. The van der Waals surface area contributed by atoms with Gasteiger partial charge in [-0.2, -0.15) is 5.26 Å². The van der Waals surface area contributed by atoms with E-state index in [0.717, 1.165) is 22.2 Å². The van der Waals surface area contributed by atoms with Crippen molar-refractivity contribution < 1.29 is 4.74 Å². The largest absolute Gasteiger partial charge is 0.496 e. The molecule has 0 atom stereocenters. The molecule has 0 aliphatic heterocycles. The quantitative estimate of drug-likeness (QED) is 0.745. The molecule has 0 fully saturated rings. The maximum atomic E-state index is 8.79. The van der Waals surface area contributed by atoms with E-state index in [-0.39, 0.29) is 0 Å². The summed E-state index contributed by atoms with van der Waals surface area (Å²) < 4.78 is 7.29. The third-order valence-electron chi connectivity index (χ3n) is 2.61. The lowest BCUT2D eigenvalue weighted by Crippen LogP contribution is -1.93. The van der Waals surface area contributed by atoms with Crippen LogP contribution < -0.4 is 4.74 Å². The molecule has 76 valence electrons. The minimum Gasteiger partial charge on any atom is -0.496 e. The van der Waals surface area contributed by atoms with Crippen molar-refractivity contribution in [1.29, 1.82) is 5.26 Å². The molecule has 0 aliphatic carbocycles. The summed E-state index contributed by atoms with van der Waals surface area (Å²) in [7, 11) is 3.62. The highest BCUT2D eigenvalue weighted by Gasteiger charge is 2.09. The van der Waals surface area contributed by atoms with Gasteiger partial charge in [0.2, 0.25) is 0 Å². The minimum atomic E-state index is 0.379. The zero-order valence-electron chi connectivity index (χ0n) is 8.82. The van der Waals surface area contributed by atoms with Crippen LogP contribution in [-0.4, -0.2) is 11.7 Å². The second-order valence-electron chi connectivity index (χ2n) is 3.44. The monoisotopic (exact) mass is 200 g/mol. The van der Waals surface area contributed by atoms with Crippen molar-refractivity contribution in [3.8, 4) is 11.8 Å². The van der Waals surface area contributed by atoms with Gasteiger partial charge in [-0.25, -0.2) is 0 Å². The van der Waals surface area contributed by atoms with Gasteiger partial charge >= 0.3 is 0 Å². The van der Waals surface area contributed by atoms with Crippen molar-refractivity contribution in [2.45, 2.75) is 6.42 Å². The maximum absolute atomic E-state index is 8.79. The molecule has 15 heavy (non-hydrogen) atoms. The molecule has 2 rings (SSSR count). The van der Waals surface area contributed by atoms with Crippen molar-refractivity contribution in [1.82, 2.24) is 4.57 Å². The summed E-state index contributed by atoms with van der Waals surface area (Å²) in [6.07, 6.45) is 2.37. The van der Waals surface area contributed by atoms with E-state index in [1.807, 2.05) is 36.0 Å². The number of hydrogen-bond acceptors (Lipinski definition) is 2. The predicted molar refractivity (Wildman–Crippen MR) is 58.8 cm³/mol. The Morgan fingerprint density at radius 1 is 1.40 bits per heavy atom. The SMILES string of the molecule is COc1ccc2c(ccn2C)c1CC#N. The molecular weight excluding hydrogens is 188 g/mol. The van der Waals surface area contributed by atoms with Gasteiger partial charge in [-0.1, -0.05) is 0 Å². The van der Waals surface area contributed by atoms with Crippen LogP contribution in [0.25, 0.3) is 10.9 Å². The first-order chi connectivity index (χ1) is 7.27. The number of ether oxygens (including phenoxy) is 1. The highest BCUT2D eigenvalue weighted by Crippen LogP contribution is 2.28. The van der Waals surface area contributed by atoms with Crippen molar-refractivity contribution in [2.75, 3.05) is 7.11 Å². The summed E-state index contributed by atoms with van der Waals surface area (Å²) in [4.78, 5) is 0. The van der Waals surface area contributed by atoms with Crippen molar-refractivity contribution >= 4 is 10.9 Å². The molecular formula is C12H12N2O. The molecule has 1 heterocycles. The fourth-order valence-electron chi connectivity index (χ4n) is 1.85. The van der Waals surface area contributed by atoms with E-state index < -0.39 is 0 Å². The van der Waals surface area contributed by atoms with E-state index >= 15 is 0 Å². The van der Waals surface area contributed by atoms with Crippen LogP contribution in [0.4, 0.5) is 0 Å². The second-order valence-corrected chi connectivity index (χ2v) is 3.44. The topological polar surface area (TPSA) is 38.0 Å². The molecule has 0 saturated heterocycles. The molecule has 0 saturated carbocycles. The van der Waals surface area contributed by atoms with Crippen LogP contribution >= 0.6 is 0 Å². The van der Waals surface area contributed by atoms with Crippen LogP contribution in [0.3, 0.4) is 0 Å². The van der Waals surface area contributed by atoms with Gasteiger partial charge in [-0.15, -0.1) is 0 Å². The maximum Gasteiger partial charge on any atom is 0.123 e. The smallest absolute Gasteiger partial charge is 0.123 e. The third kappa shape index (κ3) is 1.44. The molecule has 0 unspecified atom stereocenters. The Hall–Kier alpha value is -1.95. The lowest BCUT2D eigenvalue weighted by atomic mass is 10.1. The zero-order valence-corrected chi connectivity index (χ0v) is 8.82. The number of aryl methyl sites for hydroxylation is 1. The van der Waals surface area contributed by atoms with Crippen molar-refractivity contribution in [3.05, 3.63) is 30.0 Å². The van der Waals surface area contributed by atoms with Crippen LogP contribution in [0.2, 0.25) is 0 Å². The number of nitrogens with zero attached hydrogens (tertiary/aromatic N) is 2. The number of methoxy groups -OCH3 is 1. The van der Waals surface area contributed by atoms with Crippen LogP contribution in [0.1, 0.15) is 5.56 Å². The zero-order chi connectivity index (χ0) is 10.8. The van der Waals surface area contributed by atoms with Gasteiger partial charge in [0, 0.05) is 29.7 Å². The fourth-order valence-corrected chi connectivity index (χ4v) is 1.85. The summed E-state index contributed by atoms with van der Waals surface area (Å²) in [5.74, 6) is 0.787. The Morgan fingerprint density at radius 3 is 2.87 bits per heavy atom. The van der Waals surface area contributed by atoms with Crippen LogP contribution in [0.15, 0.2) is 24.4 Å². The van der Waals surface area contributed by atoms with E-state index in [1.165, 1.54) is 0 Å². The molecule has 0 bridgehead atoms. The van der Waals surface area contributed by atoms with Gasteiger partial charge in [0.15, 0.2) is 0 Å². The van der Waals surface area contributed by atoms with Crippen molar-refractivity contribution in [2.24, 2.45) is 7.05 Å². The summed E-state index contributed by atoms with van der Waals surface area (Å²) in [6, 6.07) is 8.11. The summed E-state index contributed by atoms with van der Waals surface area (Å²) >= 11 is 0. The number of hydrogen-bond donors (Lipinski definition) is 0. The summed E-state index contributed by atoms with van der Waals surface area (Å²) in [5.41, 5.74) is 2.10. The molecule has 0 radical (unpaired) electrons. The van der Waals surface area contributed by atoms with Gasteiger partial charge in [0.25, 0.3) is 0 Å². The Bertz CT molecular complexity index is 534. The van der Waals surface area contributed by atoms with Gasteiger partial charge in [0.1, 0.15) is 5.75 Å². The van der Waals surface area contributed by atoms with E-state index in [2.05, 4.69) is 6.07 Å². The molecule has 0 spiro atoms. The Kier molecular flexibility index (Phi) is 2.34. The number of aromatic nitrogens is 1. The summed E-state index contributed by atoms with van der Waals surface area (Å²) in [5, 5.41) is 9.89. The number of benzene rings is 1. The first kappa shape index (κ1) is 9.60. The number of rotatable bonds is 2. The van der Waals surface area contributed by atoms with E-state index in [0.29, 0.717) is 6.42 Å².